The number of benzene rings is 1. The molecule has 28 heavy (non-hydrogen) atoms. The van der Waals surface area contributed by atoms with Crippen LogP contribution in [0.2, 0.25) is 5.02 Å². The maximum atomic E-state index is 12.9. The lowest BCUT2D eigenvalue weighted by molar-refractivity contribution is -0.118. The molecule has 0 aliphatic carbocycles. The molecule has 4 rings (SSSR count). The van der Waals surface area contributed by atoms with Gasteiger partial charge in [-0.25, -0.2) is 4.98 Å². The number of Topliss-reactive ketones (excluding diaryl/α,β-unsaturated/α-hetero) is 1. The third-order valence-corrected chi connectivity index (χ3v) is 6.09. The van der Waals surface area contributed by atoms with Gasteiger partial charge in [-0.15, -0.1) is 0 Å². The molecule has 0 radical (unpaired) electrons. The van der Waals surface area contributed by atoms with Crippen LogP contribution in [0.5, 0.6) is 0 Å². The molecule has 3 heterocycles. The normalized spacial score (nSPS) is 17.0. The lowest BCUT2D eigenvalue weighted by Crippen LogP contribution is -2.31. The molecule has 1 N–H and O–H groups in total. The van der Waals surface area contributed by atoms with E-state index in [9.17, 15) is 14.7 Å². The summed E-state index contributed by atoms with van der Waals surface area (Å²) in [5.74, 6) is -1.51. The number of aliphatic hydroxyl groups excluding tert-OH is 1. The van der Waals surface area contributed by atoms with Gasteiger partial charge in [0.25, 0.3) is 5.91 Å². The largest absolute Gasteiger partial charge is 0.503 e. The van der Waals surface area contributed by atoms with Gasteiger partial charge in [0, 0.05) is 17.6 Å². The van der Waals surface area contributed by atoms with Crippen molar-refractivity contribution >= 4 is 50.0 Å². The molecule has 0 saturated carbocycles. The zero-order chi connectivity index (χ0) is 20.0. The number of pyridine rings is 1. The first-order valence-electron chi connectivity index (χ1n) is 8.69. The zero-order valence-electron chi connectivity index (χ0n) is 15.1. The van der Waals surface area contributed by atoms with Crippen LogP contribution in [0.1, 0.15) is 30.6 Å². The number of hydrogen-bond acceptors (Lipinski definition) is 6. The molecule has 142 valence electrons. The Bertz CT molecular complexity index is 1100. The van der Waals surface area contributed by atoms with Crippen molar-refractivity contribution in [3.63, 3.8) is 0 Å². The highest BCUT2D eigenvalue weighted by atomic mass is 35.5. The molecule has 0 fully saturated rings. The van der Waals surface area contributed by atoms with Crippen molar-refractivity contribution in [2.24, 2.45) is 0 Å². The van der Waals surface area contributed by atoms with Gasteiger partial charge in [0.2, 0.25) is 0 Å². The molecule has 0 bridgehead atoms. The van der Waals surface area contributed by atoms with E-state index in [1.807, 2.05) is 13.0 Å². The van der Waals surface area contributed by atoms with E-state index < -0.39 is 17.7 Å². The standard InChI is InChI=1S/C20H16ClN3O3S/c1-3-14(25)16-17(12-6-4-5-7-22-12)24(19(27)18(16)26)20-23-13-9-11(21)10(2)8-15(13)28-20/h4-9,17,26H,3H2,1-2H3. The second-order valence-corrected chi connectivity index (χ2v) is 7.85. The van der Waals surface area contributed by atoms with Crippen molar-refractivity contribution < 1.29 is 14.7 Å². The number of halogens is 1. The fraction of sp³-hybridized carbons (Fsp3) is 0.200. The van der Waals surface area contributed by atoms with E-state index >= 15 is 0 Å². The Balaban J connectivity index is 1.90. The Morgan fingerprint density at radius 2 is 2.14 bits per heavy atom. The number of thiazole rings is 1. The fourth-order valence-electron chi connectivity index (χ4n) is 3.24. The minimum atomic E-state index is -0.821. The van der Waals surface area contributed by atoms with Gasteiger partial charge in [-0.2, -0.15) is 0 Å². The Labute approximate surface area is 170 Å². The van der Waals surface area contributed by atoms with Crippen molar-refractivity contribution in [2.75, 3.05) is 4.90 Å². The van der Waals surface area contributed by atoms with E-state index in [0.717, 1.165) is 10.3 Å². The summed E-state index contributed by atoms with van der Waals surface area (Å²) in [4.78, 5) is 35.6. The van der Waals surface area contributed by atoms with Crippen LogP contribution in [0.15, 0.2) is 47.9 Å². The summed E-state index contributed by atoms with van der Waals surface area (Å²) in [6.07, 6.45) is 1.75. The van der Waals surface area contributed by atoms with Gasteiger partial charge < -0.3 is 5.11 Å². The molecule has 1 aromatic carbocycles. The molecule has 0 spiro atoms. The number of aryl methyl sites for hydroxylation is 1. The molecule has 0 saturated heterocycles. The molecule has 1 unspecified atom stereocenters. The lowest BCUT2D eigenvalue weighted by atomic mass is 9.99. The van der Waals surface area contributed by atoms with Crippen LogP contribution < -0.4 is 4.90 Å². The fourth-order valence-corrected chi connectivity index (χ4v) is 4.47. The summed E-state index contributed by atoms with van der Waals surface area (Å²) in [6, 6.07) is 8.07. The summed E-state index contributed by atoms with van der Waals surface area (Å²) in [7, 11) is 0. The van der Waals surface area contributed by atoms with Crippen LogP contribution >= 0.6 is 22.9 Å². The Morgan fingerprint density at radius 1 is 1.36 bits per heavy atom. The maximum Gasteiger partial charge on any atom is 0.296 e. The van der Waals surface area contributed by atoms with Crippen molar-refractivity contribution in [3.8, 4) is 0 Å². The lowest BCUT2D eigenvalue weighted by Gasteiger charge is -2.23. The Hall–Kier alpha value is -2.77. The average Bonchev–Trinajstić information content (AvgIpc) is 3.20. The van der Waals surface area contributed by atoms with E-state index in [1.54, 1.807) is 37.4 Å². The van der Waals surface area contributed by atoms with Crippen LogP contribution in [0.25, 0.3) is 10.2 Å². The van der Waals surface area contributed by atoms with Gasteiger partial charge in [-0.3, -0.25) is 19.5 Å². The molecule has 3 aromatic rings. The number of carbonyl (C=O) groups excluding carboxylic acids is 2. The highest BCUT2D eigenvalue weighted by molar-refractivity contribution is 7.22. The second kappa shape index (κ2) is 7.00. The van der Waals surface area contributed by atoms with Crippen LogP contribution in [0.4, 0.5) is 5.13 Å². The van der Waals surface area contributed by atoms with E-state index in [4.69, 9.17) is 11.6 Å². The summed E-state index contributed by atoms with van der Waals surface area (Å²) in [5.41, 5.74) is 2.10. The number of aliphatic hydroxyl groups is 1. The molecular weight excluding hydrogens is 398 g/mol. The number of fused-ring (bicyclic) bond motifs is 1. The third-order valence-electron chi connectivity index (χ3n) is 4.66. The number of hydrogen-bond donors (Lipinski definition) is 1. The number of ketones is 1. The molecular formula is C20H16ClN3O3S. The molecule has 1 amide bonds. The van der Waals surface area contributed by atoms with Crippen molar-refractivity contribution in [3.05, 3.63) is 64.1 Å². The quantitative estimate of drug-likeness (QED) is 0.679. The van der Waals surface area contributed by atoms with Gasteiger partial charge in [-0.05, 0) is 36.8 Å². The van der Waals surface area contributed by atoms with Gasteiger partial charge >= 0.3 is 0 Å². The van der Waals surface area contributed by atoms with Crippen LogP contribution in [-0.4, -0.2) is 26.8 Å². The summed E-state index contributed by atoms with van der Waals surface area (Å²) >= 11 is 7.50. The number of amides is 1. The van der Waals surface area contributed by atoms with Crippen molar-refractivity contribution in [2.45, 2.75) is 26.3 Å². The number of anilines is 1. The van der Waals surface area contributed by atoms with Gasteiger partial charge in [-0.1, -0.05) is 35.9 Å². The Morgan fingerprint density at radius 3 is 2.82 bits per heavy atom. The minimum Gasteiger partial charge on any atom is -0.503 e. The highest BCUT2D eigenvalue weighted by Gasteiger charge is 2.45. The molecule has 1 aliphatic rings. The Kier molecular flexibility index (Phi) is 4.64. The number of aromatic nitrogens is 2. The first-order chi connectivity index (χ1) is 13.4. The molecule has 1 atom stereocenters. The van der Waals surface area contributed by atoms with Gasteiger partial charge in [0.05, 0.1) is 21.5 Å². The predicted molar refractivity (Wildman–Crippen MR) is 109 cm³/mol. The molecule has 6 nitrogen and oxygen atoms in total. The van der Waals surface area contributed by atoms with Gasteiger partial charge in [0.1, 0.15) is 6.04 Å². The zero-order valence-corrected chi connectivity index (χ0v) is 16.7. The SMILES string of the molecule is CCC(=O)C1=C(O)C(=O)N(c2nc3cc(Cl)c(C)cc3s2)C1c1ccccn1. The number of carbonyl (C=O) groups is 2. The summed E-state index contributed by atoms with van der Waals surface area (Å²) in [5, 5.41) is 11.4. The predicted octanol–water partition coefficient (Wildman–Crippen LogP) is 4.53. The third kappa shape index (κ3) is 2.87. The van der Waals surface area contributed by atoms with Gasteiger partial charge in [0.15, 0.2) is 16.7 Å². The van der Waals surface area contributed by atoms with E-state index in [0.29, 0.717) is 21.4 Å². The second-order valence-electron chi connectivity index (χ2n) is 6.44. The summed E-state index contributed by atoms with van der Waals surface area (Å²) < 4.78 is 0.860. The van der Waals surface area contributed by atoms with Crippen LogP contribution in [0, 0.1) is 6.92 Å². The first kappa shape index (κ1) is 18.6. The molecule has 1 aliphatic heterocycles. The molecule has 8 heteroatoms. The smallest absolute Gasteiger partial charge is 0.296 e. The van der Waals surface area contributed by atoms with Crippen LogP contribution in [-0.2, 0) is 9.59 Å². The van der Waals surface area contributed by atoms with Crippen molar-refractivity contribution in [1.82, 2.24) is 9.97 Å². The van der Waals surface area contributed by atoms with E-state index in [1.165, 1.54) is 16.2 Å². The summed E-state index contributed by atoms with van der Waals surface area (Å²) in [6.45, 7) is 3.58. The molecule has 2 aromatic heterocycles. The number of rotatable bonds is 4. The van der Waals surface area contributed by atoms with E-state index in [2.05, 4.69) is 9.97 Å². The monoisotopic (exact) mass is 413 g/mol. The topological polar surface area (TPSA) is 83.4 Å². The first-order valence-corrected chi connectivity index (χ1v) is 9.89. The highest BCUT2D eigenvalue weighted by Crippen LogP contribution is 2.43. The number of nitrogens with zero attached hydrogens (tertiary/aromatic N) is 3. The van der Waals surface area contributed by atoms with Crippen molar-refractivity contribution in [1.29, 1.82) is 0 Å². The maximum absolute atomic E-state index is 12.9. The van der Waals surface area contributed by atoms with E-state index in [-0.39, 0.29) is 17.8 Å². The minimum absolute atomic E-state index is 0.0552. The average molecular weight is 414 g/mol. The van der Waals surface area contributed by atoms with Crippen LogP contribution in [0.3, 0.4) is 0 Å².